The van der Waals surface area contributed by atoms with Gasteiger partial charge in [0.2, 0.25) is 0 Å². The Morgan fingerprint density at radius 3 is 2.52 bits per heavy atom. The van der Waals surface area contributed by atoms with Gasteiger partial charge in [-0.2, -0.15) is 0 Å². The van der Waals surface area contributed by atoms with Gasteiger partial charge in [-0.15, -0.1) is 0 Å². The van der Waals surface area contributed by atoms with Crippen LogP contribution in [0.3, 0.4) is 0 Å². The molecule has 23 heavy (non-hydrogen) atoms. The molecule has 0 radical (unpaired) electrons. The van der Waals surface area contributed by atoms with Gasteiger partial charge in [0.15, 0.2) is 11.5 Å². The van der Waals surface area contributed by atoms with Gasteiger partial charge in [0.1, 0.15) is 5.75 Å². The van der Waals surface area contributed by atoms with E-state index in [2.05, 4.69) is 12.1 Å². The molecule has 0 fully saturated rings. The van der Waals surface area contributed by atoms with E-state index in [0.717, 1.165) is 23.5 Å². The number of ether oxygens (including phenoxy) is 4. The van der Waals surface area contributed by atoms with E-state index in [1.165, 1.54) is 5.56 Å². The number of methoxy groups -OCH3 is 2. The van der Waals surface area contributed by atoms with Crippen molar-refractivity contribution in [2.45, 2.75) is 18.9 Å². The third-order valence-electron chi connectivity index (χ3n) is 4.11. The summed E-state index contributed by atoms with van der Waals surface area (Å²) < 4.78 is 22.4. The van der Waals surface area contributed by atoms with E-state index in [1.807, 2.05) is 30.3 Å². The molecule has 0 saturated carbocycles. The lowest BCUT2D eigenvalue weighted by Gasteiger charge is -2.27. The first-order valence-corrected chi connectivity index (χ1v) is 7.82. The van der Waals surface area contributed by atoms with Crippen molar-refractivity contribution in [1.29, 1.82) is 0 Å². The Balaban J connectivity index is 1.70. The van der Waals surface area contributed by atoms with Crippen LogP contribution in [-0.4, -0.2) is 27.4 Å². The highest BCUT2D eigenvalue weighted by Gasteiger charge is 2.24. The molecule has 0 aliphatic carbocycles. The number of hydrogen-bond donors (Lipinski definition) is 0. The Kier molecular flexibility index (Phi) is 5.03. The fraction of sp³-hybridized carbons (Fsp3) is 0.368. The summed E-state index contributed by atoms with van der Waals surface area (Å²) in [6, 6.07) is 14.1. The van der Waals surface area contributed by atoms with Gasteiger partial charge in [-0.05, 0) is 18.1 Å². The first-order chi connectivity index (χ1) is 11.3. The second-order valence-corrected chi connectivity index (χ2v) is 5.58. The van der Waals surface area contributed by atoms with Crippen molar-refractivity contribution in [3.63, 3.8) is 0 Å². The molecule has 0 N–H and O–H groups in total. The fourth-order valence-electron chi connectivity index (χ4n) is 2.85. The van der Waals surface area contributed by atoms with Crippen LogP contribution in [0, 0.1) is 0 Å². The predicted molar refractivity (Wildman–Crippen MR) is 88.5 cm³/mol. The summed E-state index contributed by atoms with van der Waals surface area (Å²) in [4.78, 5) is 0. The summed E-state index contributed by atoms with van der Waals surface area (Å²) in [5, 5.41) is 0. The summed E-state index contributed by atoms with van der Waals surface area (Å²) in [6.45, 7) is 1.99. The first kappa shape index (κ1) is 15.7. The molecule has 2 aromatic rings. The molecule has 122 valence electrons. The van der Waals surface area contributed by atoms with Crippen LogP contribution in [0.15, 0.2) is 42.5 Å². The minimum absolute atomic E-state index is 0.308. The molecule has 1 atom stereocenters. The zero-order valence-electron chi connectivity index (χ0n) is 13.6. The largest absolute Gasteiger partial charge is 0.493 e. The average molecular weight is 314 g/mol. The maximum Gasteiger partial charge on any atom is 0.164 e. The molecule has 1 heterocycles. The Bertz CT molecular complexity index is 639. The Morgan fingerprint density at radius 2 is 1.78 bits per heavy atom. The highest BCUT2D eigenvalue weighted by Crippen LogP contribution is 2.41. The van der Waals surface area contributed by atoms with Gasteiger partial charge in [-0.25, -0.2) is 0 Å². The standard InChI is InChI=1S/C19H22O4/c1-20-18-10-16-15(8-9-23-17(16)11-19(18)21-2)13-22-12-14-6-4-3-5-7-14/h3-7,10-11,15H,8-9,12-13H2,1-2H3. The van der Waals surface area contributed by atoms with Crippen molar-refractivity contribution in [1.82, 2.24) is 0 Å². The van der Waals surface area contributed by atoms with Crippen LogP contribution in [0.4, 0.5) is 0 Å². The molecule has 3 rings (SSSR count). The summed E-state index contributed by atoms with van der Waals surface area (Å²) in [5.41, 5.74) is 2.31. The Morgan fingerprint density at radius 1 is 1.04 bits per heavy atom. The normalized spacial score (nSPS) is 16.3. The second-order valence-electron chi connectivity index (χ2n) is 5.58. The molecule has 0 amide bonds. The lowest BCUT2D eigenvalue weighted by molar-refractivity contribution is 0.0938. The zero-order valence-corrected chi connectivity index (χ0v) is 13.6. The molecule has 0 saturated heterocycles. The van der Waals surface area contributed by atoms with E-state index in [1.54, 1.807) is 14.2 Å². The van der Waals surface area contributed by atoms with Crippen LogP contribution in [0.5, 0.6) is 17.2 Å². The Hall–Kier alpha value is -2.20. The van der Waals surface area contributed by atoms with Crippen molar-refractivity contribution < 1.29 is 18.9 Å². The van der Waals surface area contributed by atoms with Crippen LogP contribution in [0.1, 0.15) is 23.5 Å². The molecule has 4 nitrogen and oxygen atoms in total. The molecular weight excluding hydrogens is 292 g/mol. The summed E-state index contributed by atoms with van der Waals surface area (Å²) in [6.07, 6.45) is 0.942. The zero-order chi connectivity index (χ0) is 16.1. The number of hydrogen-bond acceptors (Lipinski definition) is 4. The van der Waals surface area contributed by atoms with E-state index in [0.29, 0.717) is 31.5 Å². The monoisotopic (exact) mass is 314 g/mol. The van der Waals surface area contributed by atoms with E-state index in [4.69, 9.17) is 18.9 Å². The third kappa shape index (κ3) is 3.59. The second kappa shape index (κ2) is 7.38. The summed E-state index contributed by atoms with van der Waals surface area (Å²) in [5.74, 6) is 2.59. The fourth-order valence-corrected chi connectivity index (χ4v) is 2.85. The van der Waals surface area contributed by atoms with Crippen molar-refractivity contribution >= 4 is 0 Å². The number of benzene rings is 2. The van der Waals surface area contributed by atoms with Crippen LogP contribution < -0.4 is 14.2 Å². The molecule has 0 spiro atoms. The van der Waals surface area contributed by atoms with Crippen LogP contribution in [-0.2, 0) is 11.3 Å². The molecular formula is C19H22O4. The van der Waals surface area contributed by atoms with Crippen LogP contribution >= 0.6 is 0 Å². The summed E-state index contributed by atoms with van der Waals surface area (Å²) >= 11 is 0. The third-order valence-corrected chi connectivity index (χ3v) is 4.11. The maximum absolute atomic E-state index is 5.92. The topological polar surface area (TPSA) is 36.9 Å². The molecule has 2 aromatic carbocycles. The average Bonchev–Trinajstić information content (AvgIpc) is 2.61. The van der Waals surface area contributed by atoms with Crippen molar-refractivity contribution in [3.8, 4) is 17.2 Å². The lowest BCUT2D eigenvalue weighted by atomic mass is 9.93. The van der Waals surface area contributed by atoms with Crippen molar-refractivity contribution in [2.24, 2.45) is 0 Å². The van der Waals surface area contributed by atoms with Gasteiger partial charge < -0.3 is 18.9 Å². The number of fused-ring (bicyclic) bond motifs is 1. The Labute approximate surface area is 136 Å². The molecule has 0 aromatic heterocycles. The van der Waals surface area contributed by atoms with Crippen LogP contribution in [0.25, 0.3) is 0 Å². The van der Waals surface area contributed by atoms with Gasteiger partial charge in [0.25, 0.3) is 0 Å². The minimum Gasteiger partial charge on any atom is -0.493 e. The van der Waals surface area contributed by atoms with Gasteiger partial charge in [0, 0.05) is 17.5 Å². The van der Waals surface area contributed by atoms with E-state index in [-0.39, 0.29) is 0 Å². The summed E-state index contributed by atoms with van der Waals surface area (Å²) in [7, 11) is 3.28. The van der Waals surface area contributed by atoms with Gasteiger partial charge in [-0.1, -0.05) is 30.3 Å². The van der Waals surface area contributed by atoms with Crippen LogP contribution in [0.2, 0.25) is 0 Å². The van der Waals surface area contributed by atoms with Crippen molar-refractivity contribution in [3.05, 3.63) is 53.6 Å². The van der Waals surface area contributed by atoms with E-state index in [9.17, 15) is 0 Å². The maximum atomic E-state index is 5.92. The van der Waals surface area contributed by atoms with Gasteiger partial charge >= 0.3 is 0 Å². The number of rotatable bonds is 6. The minimum atomic E-state index is 0.308. The molecule has 1 unspecified atom stereocenters. The molecule has 0 bridgehead atoms. The first-order valence-electron chi connectivity index (χ1n) is 7.82. The highest BCUT2D eigenvalue weighted by molar-refractivity contribution is 5.52. The quantitative estimate of drug-likeness (QED) is 0.813. The molecule has 1 aliphatic rings. The smallest absolute Gasteiger partial charge is 0.164 e. The van der Waals surface area contributed by atoms with Crippen molar-refractivity contribution in [2.75, 3.05) is 27.4 Å². The van der Waals surface area contributed by atoms with Gasteiger partial charge in [-0.3, -0.25) is 0 Å². The van der Waals surface area contributed by atoms with E-state index < -0.39 is 0 Å². The SMILES string of the molecule is COc1cc2c(cc1OC)C(COCc1ccccc1)CCO2. The molecule has 4 heteroatoms. The highest BCUT2D eigenvalue weighted by atomic mass is 16.5. The predicted octanol–water partition coefficient (Wildman–Crippen LogP) is 3.79. The lowest BCUT2D eigenvalue weighted by Crippen LogP contribution is -2.18. The van der Waals surface area contributed by atoms with E-state index >= 15 is 0 Å². The van der Waals surface area contributed by atoms with Gasteiger partial charge in [0.05, 0.1) is 34.0 Å². The molecule has 1 aliphatic heterocycles.